The van der Waals surface area contributed by atoms with E-state index in [1.165, 1.54) is 0 Å². The third kappa shape index (κ3) is 5.58. The van der Waals surface area contributed by atoms with E-state index in [-0.39, 0.29) is 18.3 Å². The van der Waals surface area contributed by atoms with Crippen molar-refractivity contribution >= 4 is 28.9 Å². The quantitative estimate of drug-likeness (QED) is 0.236. The van der Waals surface area contributed by atoms with Crippen LogP contribution in [0.5, 0.6) is 0 Å². The molecule has 1 aromatic heterocycles. The van der Waals surface area contributed by atoms with E-state index >= 15 is 0 Å². The molecular formula is C21H21N5O3. The second-order valence-corrected chi connectivity index (χ2v) is 6.05. The molecule has 0 atom stereocenters. The van der Waals surface area contributed by atoms with Crippen LogP contribution in [0.4, 0.5) is 17.3 Å². The Balaban J connectivity index is 1.88. The van der Waals surface area contributed by atoms with Crippen molar-refractivity contribution in [3.8, 4) is 11.3 Å². The predicted octanol–water partition coefficient (Wildman–Crippen LogP) is 5.50. The average Bonchev–Trinajstić information content (AvgIpc) is 3.15. The molecule has 1 N–H and O–H groups in total. The van der Waals surface area contributed by atoms with Crippen LogP contribution in [0.15, 0.2) is 80.5 Å². The molecule has 0 amide bonds. The SMILES string of the molecule is CCOC(=O)C/C(C)=N/Nc1onc(-c2ccccc2)c1N=Nc1ccccc1. The molecule has 0 aliphatic carbocycles. The van der Waals surface area contributed by atoms with Crippen LogP contribution < -0.4 is 5.43 Å². The third-order valence-corrected chi connectivity index (χ3v) is 3.79. The summed E-state index contributed by atoms with van der Waals surface area (Å²) in [6.45, 7) is 3.79. The Bertz CT molecular complexity index is 998. The molecule has 0 fully saturated rings. The van der Waals surface area contributed by atoms with Gasteiger partial charge in [-0.05, 0) is 26.0 Å². The summed E-state index contributed by atoms with van der Waals surface area (Å²) in [4.78, 5) is 11.6. The zero-order chi connectivity index (χ0) is 20.5. The van der Waals surface area contributed by atoms with Crippen LogP contribution in [-0.4, -0.2) is 23.4 Å². The van der Waals surface area contributed by atoms with E-state index in [1.807, 2.05) is 60.7 Å². The summed E-state index contributed by atoms with van der Waals surface area (Å²) < 4.78 is 10.3. The smallest absolute Gasteiger partial charge is 0.311 e. The van der Waals surface area contributed by atoms with Gasteiger partial charge in [-0.1, -0.05) is 53.7 Å². The Hall–Kier alpha value is -3.81. The maximum atomic E-state index is 11.6. The minimum Gasteiger partial charge on any atom is -0.466 e. The molecule has 0 aliphatic rings. The summed E-state index contributed by atoms with van der Waals surface area (Å²) in [5, 5.41) is 16.9. The molecule has 8 heteroatoms. The number of carbonyl (C=O) groups is 1. The lowest BCUT2D eigenvalue weighted by molar-refractivity contribution is -0.141. The highest BCUT2D eigenvalue weighted by atomic mass is 16.5. The van der Waals surface area contributed by atoms with Gasteiger partial charge in [-0.2, -0.15) is 10.2 Å². The first-order chi connectivity index (χ1) is 14.2. The van der Waals surface area contributed by atoms with Crippen LogP contribution >= 0.6 is 0 Å². The highest BCUT2D eigenvalue weighted by molar-refractivity contribution is 5.98. The number of aromatic nitrogens is 1. The van der Waals surface area contributed by atoms with E-state index in [1.54, 1.807) is 13.8 Å². The van der Waals surface area contributed by atoms with E-state index < -0.39 is 0 Å². The maximum Gasteiger partial charge on any atom is 0.311 e. The fraction of sp³-hybridized carbons (Fsp3) is 0.190. The normalized spacial score (nSPS) is 11.6. The van der Waals surface area contributed by atoms with E-state index in [9.17, 15) is 4.79 Å². The highest BCUT2D eigenvalue weighted by Crippen LogP contribution is 2.37. The molecule has 0 saturated heterocycles. The molecule has 8 nitrogen and oxygen atoms in total. The molecule has 2 aromatic carbocycles. The average molecular weight is 391 g/mol. The van der Waals surface area contributed by atoms with Gasteiger partial charge >= 0.3 is 5.97 Å². The number of nitrogens with zero attached hydrogens (tertiary/aromatic N) is 4. The first-order valence-electron chi connectivity index (χ1n) is 9.14. The van der Waals surface area contributed by atoms with Gasteiger partial charge in [-0.15, -0.1) is 5.11 Å². The molecule has 148 valence electrons. The van der Waals surface area contributed by atoms with Gasteiger partial charge < -0.3 is 9.26 Å². The maximum absolute atomic E-state index is 11.6. The number of hydrogen-bond donors (Lipinski definition) is 1. The summed E-state index contributed by atoms with van der Waals surface area (Å²) in [7, 11) is 0. The Kier molecular flexibility index (Phi) is 6.83. The zero-order valence-corrected chi connectivity index (χ0v) is 16.2. The monoisotopic (exact) mass is 391 g/mol. The molecule has 0 saturated carbocycles. The van der Waals surface area contributed by atoms with E-state index in [0.717, 1.165) is 5.56 Å². The standard InChI is InChI=1S/C21H21N5O3/c1-3-28-18(27)14-15(2)22-25-21-20(24-23-17-12-8-5-9-13-17)19(26-29-21)16-10-6-4-7-11-16/h4-13,25H,3,14H2,1-2H3/b22-15+,24-23?. The molecule has 1 heterocycles. The Morgan fingerprint density at radius 3 is 2.45 bits per heavy atom. The van der Waals surface area contributed by atoms with E-state index in [2.05, 4.69) is 25.9 Å². The van der Waals surface area contributed by atoms with Crippen LogP contribution in [0.2, 0.25) is 0 Å². The van der Waals surface area contributed by atoms with Gasteiger partial charge in [-0.25, -0.2) is 5.43 Å². The number of nitrogens with one attached hydrogen (secondary N) is 1. The van der Waals surface area contributed by atoms with Crippen molar-refractivity contribution in [2.45, 2.75) is 20.3 Å². The van der Waals surface area contributed by atoms with Crippen molar-refractivity contribution in [1.29, 1.82) is 0 Å². The molecule has 0 aliphatic heterocycles. The largest absolute Gasteiger partial charge is 0.466 e. The van der Waals surface area contributed by atoms with Crippen molar-refractivity contribution < 1.29 is 14.1 Å². The molecule has 3 rings (SSSR count). The van der Waals surface area contributed by atoms with Crippen LogP contribution in [0.1, 0.15) is 20.3 Å². The molecule has 3 aromatic rings. The van der Waals surface area contributed by atoms with Crippen LogP contribution in [0, 0.1) is 0 Å². The number of carbonyl (C=O) groups excluding carboxylic acids is 1. The fourth-order valence-electron chi connectivity index (χ4n) is 2.45. The van der Waals surface area contributed by atoms with Crippen molar-refractivity contribution in [2.24, 2.45) is 15.3 Å². The van der Waals surface area contributed by atoms with Crippen LogP contribution in [0.3, 0.4) is 0 Å². The second kappa shape index (κ2) is 9.93. The van der Waals surface area contributed by atoms with Crippen molar-refractivity contribution in [3.63, 3.8) is 0 Å². The predicted molar refractivity (Wildman–Crippen MR) is 111 cm³/mol. The van der Waals surface area contributed by atoms with Crippen molar-refractivity contribution in [2.75, 3.05) is 12.0 Å². The number of hydrazone groups is 1. The van der Waals surface area contributed by atoms with Crippen molar-refractivity contribution in [1.82, 2.24) is 5.16 Å². The first kappa shape index (κ1) is 19.9. The van der Waals surface area contributed by atoms with Crippen molar-refractivity contribution in [3.05, 3.63) is 60.7 Å². The molecule has 0 radical (unpaired) electrons. The van der Waals surface area contributed by atoms with Gasteiger partial charge in [0.2, 0.25) is 0 Å². The third-order valence-electron chi connectivity index (χ3n) is 3.79. The molecule has 0 unspecified atom stereocenters. The number of esters is 1. The van der Waals surface area contributed by atoms with Crippen LogP contribution in [0.25, 0.3) is 11.3 Å². The lowest BCUT2D eigenvalue weighted by Gasteiger charge is -2.02. The summed E-state index contributed by atoms with van der Waals surface area (Å²) >= 11 is 0. The number of ether oxygens (including phenoxy) is 1. The fourth-order valence-corrected chi connectivity index (χ4v) is 2.45. The highest BCUT2D eigenvalue weighted by Gasteiger charge is 2.18. The van der Waals surface area contributed by atoms with Gasteiger partial charge in [0.1, 0.15) is 5.69 Å². The van der Waals surface area contributed by atoms with Gasteiger partial charge in [0, 0.05) is 11.3 Å². The Labute approximate surface area is 168 Å². The molecule has 0 spiro atoms. The number of azo groups is 1. The zero-order valence-electron chi connectivity index (χ0n) is 16.2. The van der Waals surface area contributed by atoms with E-state index in [0.29, 0.717) is 29.4 Å². The second-order valence-electron chi connectivity index (χ2n) is 6.05. The lowest BCUT2D eigenvalue weighted by Crippen LogP contribution is -2.09. The number of rotatable bonds is 8. The number of anilines is 1. The molecule has 29 heavy (non-hydrogen) atoms. The molecule has 0 bridgehead atoms. The Morgan fingerprint density at radius 2 is 1.76 bits per heavy atom. The Morgan fingerprint density at radius 1 is 1.07 bits per heavy atom. The number of hydrogen-bond acceptors (Lipinski definition) is 8. The van der Waals surface area contributed by atoms with Gasteiger partial charge in [0.25, 0.3) is 5.88 Å². The first-order valence-corrected chi connectivity index (χ1v) is 9.14. The summed E-state index contributed by atoms with van der Waals surface area (Å²) in [5.41, 5.74) is 5.79. The summed E-state index contributed by atoms with van der Waals surface area (Å²) in [6.07, 6.45) is 0.0708. The van der Waals surface area contributed by atoms with Crippen LogP contribution in [-0.2, 0) is 9.53 Å². The van der Waals surface area contributed by atoms with E-state index in [4.69, 9.17) is 9.26 Å². The van der Waals surface area contributed by atoms with Gasteiger partial charge in [-0.3, -0.25) is 4.79 Å². The van der Waals surface area contributed by atoms with Gasteiger partial charge in [0.15, 0.2) is 5.69 Å². The molecular weight excluding hydrogens is 370 g/mol. The topological polar surface area (TPSA) is 101 Å². The minimum absolute atomic E-state index is 0.0708. The lowest BCUT2D eigenvalue weighted by atomic mass is 10.1. The number of benzene rings is 2. The van der Waals surface area contributed by atoms with Gasteiger partial charge in [0.05, 0.1) is 18.7 Å². The minimum atomic E-state index is -0.345. The summed E-state index contributed by atoms with van der Waals surface area (Å²) in [6, 6.07) is 18.9. The summed E-state index contributed by atoms with van der Waals surface area (Å²) in [5.74, 6) is -0.117.